The Kier molecular flexibility index (Phi) is 4.34. The predicted molar refractivity (Wildman–Crippen MR) is 75.2 cm³/mol. The Morgan fingerprint density at radius 1 is 1.53 bits per heavy atom. The number of aromatic nitrogens is 2. The molecule has 7 heteroatoms. The van der Waals surface area contributed by atoms with Gasteiger partial charge in [0.15, 0.2) is 0 Å². The lowest BCUT2D eigenvalue weighted by molar-refractivity contribution is 0.102. The minimum absolute atomic E-state index is 0.229. The molecular formula is C12H12ClN3O2S. The van der Waals surface area contributed by atoms with Crippen molar-refractivity contribution < 1.29 is 9.53 Å². The second-order valence-electron chi connectivity index (χ2n) is 3.71. The van der Waals surface area contributed by atoms with Gasteiger partial charge in [0.2, 0.25) is 0 Å². The topological polar surface area (TPSA) is 64.1 Å². The average Bonchev–Trinajstić information content (AvgIpc) is 2.87. The second-order valence-corrected chi connectivity index (χ2v) is 4.87. The minimum Gasteiger partial charge on any atom is -0.495 e. The quantitative estimate of drug-likeness (QED) is 0.942. The summed E-state index contributed by atoms with van der Waals surface area (Å²) in [6.07, 6.45) is 0.669. The van der Waals surface area contributed by atoms with Gasteiger partial charge in [-0.2, -0.15) is 0 Å². The van der Waals surface area contributed by atoms with Gasteiger partial charge in [-0.25, -0.2) is 0 Å². The summed E-state index contributed by atoms with van der Waals surface area (Å²) in [7, 11) is 1.54. The van der Waals surface area contributed by atoms with E-state index in [1.54, 1.807) is 18.2 Å². The van der Waals surface area contributed by atoms with Crippen LogP contribution in [0.25, 0.3) is 0 Å². The molecule has 19 heavy (non-hydrogen) atoms. The molecule has 0 unspecified atom stereocenters. The van der Waals surface area contributed by atoms with Crippen molar-refractivity contribution in [3.05, 3.63) is 33.8 Å². The van der Waals surface area contributed by atoms with Crippen molar-refractivity contribution in [2.24, 2.45) is 0 Å². The zero-order chi connectivity index (χ0) is 13.8. The van der Waals surface area contributed by atoms with Crippen LogP contribution in [0, 0.1) is 0 Å². The van der Waals surface area contributed by atoms with Gasteiger partial charge in [-0.1, -0.05) is 23.0 Å². The van der Waals surface area contributed by atoms with Gasteiger partial charge in [0.05, 0.1) is 17.8 Å². The van der Waals surface area contributed by atoms with E-state index in [0.29, 0.717) is 33.5 Å². The van der Waals surface area contributed by atoms with Gasteiger partial charge in [0.25, 0.3) is 5.91 Å². The van der Waals surface area contributed by atoms with Crippen molar-refractivity contribution in [3.63, 3.8) is 0 Å². The molecule has 0 spiro atoms. The summed E-state index contributed by atoms with van der Waals surface area (Å²) in [5, 5.41) is 7.11. The van der Waals surface area contributed by atoms with Crippen LogP contribution in [0.1, 0.15) is 22.3 Å². The van der Waals surface area contributed by atoms with E-state index in [-0.39, 0.29) is 5.91 Å². The van der Waals surface area contributed by atoms with Crippen LogP contribution in [0.4, 0.5) is 5.69 Å². The van der Waals surface area contributed by atoms with Gasteiger partial charge in [-0.3, -0.25) is 4.79 Å². The van der Waals surface area contributed by atoms with Crippen LogP contribution in [0.15, 0.2) is 18.2 Å². The number of methoxy groups -OCH3 is 1. The Balaban J connectivity index is 2.17. The maximum absolute atomic E-state index is 12.1. The molecule has 2 aromatic rings. The smallest absolute Gasteiger partial charge is 0.269 e. The highest BCUT2D eigenvalue weighted by Gasteiger charge is 2.15. The summed E-state index contributed by atoms with van der Waals surface area (Å²) in [5.41, 5.74) is 1.30. The highest BCUT2D eigenvalue weighted by atomic mass is 35.5. The van der Waals surface area contributed by atoms with Crippen LogP contribution in [-0.2, 0) is 6.42 Å². The molecule has 2 rings (SSSR count). The van der Waals surface area contributed by atoms with E-state index in [2.05, 4.69) is 14.9 Å². The number of ether oxygens (including phenoxy) is 1. The molecule has 0 aliphatic heterocycles. The molecule has 1 amide bonds. The SMILES string of the molecule is CCc1nnsc1C(=O)Nc1ccc(OC)c(Cl)c1. The number of anilines is 1. The summed E-state index contributed by atoms with van der Waals surface area (Å²) in [5.74, 6) is 0.335. The molecule has 0 saturated heterocycles. The third kappa shape index (κ3) is 3.02. The first-order valence-electron chi connectivity index (χ1n) is 5.61. The number of rotatable bonds is 4. The Hall–Kier alpha value is -1.66. The number of carbonyl (C=O) groups excluding carboxylic acids is 1. The van der Waals surface area contributed by atoms with Crippen molar-refractivity contribution in [3.8, 4) is 5.75 Å². The van der Waals surface area contributed by atoms with E-state index in [1.165, 1.54) is 7.11 Å². The summed E-state index contributed by atoms with van der Waals surface area (Å²) in [6, 6.07) is 5.06. The molecule has 0 bridgehead atoms. The molecule has 0 fully saturated rings. The summed E-state index contributed by atoms with van der Waals surface area (Å²) < 4.78 is 8.84. The largest absolute Gasteiger partial charge is 0.495 e. The molecule has 0 aliphatic carbocycles. The Morgan fingerprint density at radius 3 is 2.95 bits per heavy atom. The van der Waals surface area contributed by atoms with Crippen molar-refractivity contribution in [2.45, 2.75) is 13.3 Å². The summed E-state index contributed by atoms with van der Waals surface area (Å²) in [6.45, 7) is 1.93. The standard InChI is InChI=1S/C12H12ClN3O2S/c1-3-9-11(19-16-15-9)12(17)14-7-4-5-10(18-2)8(13)6-7/h4-6H,3H2,1-2H3,(H,14,17). The zero-order valence-corrected chi connectivity index (χ0v) is 12.0. The number of carbonyl (C=O) groups is 1. The number of aryl methyl sites for hydroxylation is 1. The van der Waals surface area contributed by atoms with Gasteiger partial charge in [0, 0.05) is 5.69 Å². The summed E-state index contributed by atoms with van der Waals surface area (Å²) in [4.78, 5) is 12.6. The molecule has 1 aromatic carbocycles. The monoisotopic (exact) mass is 297 g/mol. The van der Waals surface area contributed by atoms with Crippen LogP contribution < -0.4 is 10.1 Å². The van der Waals surface area contributed by atoms with E-state index in [1.807, 2.05) is 6.92 Å². The zero-order valence-electron chi connectivity index (χ0n) is 10.4. The molecule has 1 heterocycles. The fourth-order valence-corrected chi connectivity index (χ4v) is 2.45. The lowest BCUT2D eigenvalue weighted by atomic mass is 10.2. The lowest BCUT2D eigenvalue weighted by Crippen LogP contribution is -2.12. The normalized spacial score (nSPS) is 10.3. The predicted octanol–water partition coefficient (Wildman–Crippen LogP) is 3.01. The highest BCUT2D eigenvalue weighted by molar-refractivity contribution is 7.08. The fraction of sp³-hybridized carbons (Fsp3) is 0.250. The second kappa shape index (κ2) is 5.99. The first-order valence-corrected chi connectivity index (χ1v) is 6.77. The molecule has 100 valence electrons. The van der Waals surface area contributed by atoms with E-state index < -0.39 is 0 Å². The number of hydrogen-bond acceptors (Lipinski definition) is 5. The third-order valence-corrected chi connectivity index (χ3v) is 3.57. The molecule has 0 saturated carbocycles. The number of nitrogens with zero attached hydrogens (tertiary/aromatic N) is 2. The fourth-order valence-electron chi connectivity index (χ4n) is 1.54. The Labute approximate surface area is 119 Å². The van der Waals surface area contributed by atoms with Crippen molar-refractivity contribution in [1.82, 2.24) is 9.59 Å². The number of amides is 1. The number of nitrogens with one attached hydrogen (secondary N) is 1. The van der Waals surface area contributed by atoms with Crippen molar-refractivity contribution in [2.75, 3.05) is 12.4 Å². The highest BCUT2D eigenvalue weighted by Crippen LogP contribution is 2.27. The third-order valence-electron chi connectivity index (χ3n) is 2.51. The van der Waals surface area contributed by atoms with Gasteiger partial charge in [-0.05, 0) is 36.2 Å². The molecule has 1 aromatic heterocycles. The number of hydrogen-bond donors (Lipinski definition) is 1. The Bertz CT molecular complexity index is 600. The summed E-state index contributed by atoms with van der Waals surface area (Å²) >= 11 is 7.08. The molecule has 1 N–H and O–H groups in total. The average molecular weight is 298 g/mol. The number of halogens is 1. The van der Waals surface area contributed by atoms with Gasteiger partial charge in [-0.15, -0.1) is 5.10 Å². The minimum atomic E-state index is -0.229. The van der Waals surface area contributed by atoms with Crippen LogP contribution in [-0.4, -0.2) is 22.6 Å². The Morgan fingerprint density at radius 2 is 2.32 bits per heavy atom. The van der Waals surface area contributed by atoms with E-state index in [9.17, 15) is 4.79 Å². The van der Waals surface area contributed by atoms with Crippen LogP contribution in [0.2, 0.25) is 5.02 Å². The van der Waals surface area contributed by atoms with E-state index in [4.69, 9.17) is 16.3 Å². The van der Waals surface area contributed by atoms with Gasteiger partial charge in [0.1, 0.15) is 10.6 Å². The van der Waals surface area contributed by atoms with Crippen molar-refractivity contribution in [1.29, 1.82) is 0 Å². The molecule has 5 nitrogen and oxygen atoms in total. The molecule has 0 aliphatic rings. The van der Waals surface area contributed by atoms with Crippen LogP contribution >= 0.6 is 23.1 Å². The first-order chi connectivity index (χ1) is 9.15. The molecular weight excluding hydrogens is 286 g/mol. The maximum atomic E-state index is 12.1. The molecule has 0 atom stereocenters. The van der Waals surface area contributed by atoms with Gasteiger partial charge >= 0.3 is 0 Å². The number of benzene rings is 1. The van der Waals surface area contributed by atoms with Crippen LogP contribution in [0.3, 0.4) is 0 Å². The molecule has 0 radical (unpaired) electrons. The van der Waals surface area contributed by atoms with E-state index >= 15 is 0 Å². The van der Waals surface area contributed by atoms with E-state index in [0.717, 1.165) is 11.5 Å². The van der Waals surface area contributed by atoms with Crippen LogP contribution in [0.5, 0.6) is 5.75 Å². The van der Waals surface area contributed by atoms with Gasteiger partial charge < -0.3 is 10.1 Å². The van der Waals surface area contributed by atoms with Crippen molar-refractivity contribution >= 4 is 34.7 Å². The maximum Gasteiger partial charge on any atom is 0.269 e. The lowest BCUT2D eigenvalue weighted by Gasteiger charge is -2.07. The first kappa shape index (κ1) is 13.8.